The van der Waals surface area contributed by atoms with Crippen LogP contribution in [0.15, 0.2) is 23.1 Å². The van der Waals surface area contributed by atoms with Gasteiger partial charge in [0.25, 0.3) is 21.3 Å². The van der Waals surface area contributed by atoms with E-state index >= 15 is 0 Å². The van der Waals surface area contributed by atoms with Crippen molar-refractivity contribution in [1.29, 1.82) is 0 Å². The highest BCUT2D eigenvalue weighted by molar-refractivity contribution is 7.85. The van der Waals surface area contributed by atoms with Crippen molar-refractivity contribution in [2.45, 2.75) is 106 Å². The molecule has 9 nitrogen and oxygen atoms in total. The van der Waals surface area contributed by atoms with Gasteiger partial charge in [-0.1, -0.05) is 27.7 Å². The van der Waals surface area contributed by atoms with Crippen molar-refractivity contribution >= 4 is 22.1 Å². The first-order valence-corrected chi connectivity index (χ1v) is 16.9. The smallest absolute Gasteiger partial charge is 0.426 e. The third kappa shape index (κ3) is 8.13. The summed E-state index contributed by atoms with van der Waals surface area (Å²) in [6.07, 6.45) is -31.1. The first-order chi connectivity index (χ1) is 23.2. The van der Waals surface area contributed by atoms with Crippen molar-refractivity contribution < 1.29 is 94.9 Å². The van der Waals surface area contributed by atoms with E-state index in [0.29, 0.717) is 18.2 Å². The number of aliphatic hydroxyl groups is 2. The molecule has 2 aliphatic rings. The Kier molecular flexibility index (Phi) is 11.8. The van der Waals surface area contributed by atoms with Crippen LogP contribution in [-0.4, -0.2) is 83.2 Å². The van der Waals surface area contributed by atoms with E-state index in [1.165, 1.54) is 0 Å². The van der Waals surface area contributed by atoms with Crippen LogP contribution in [0.25, 0.3) is 0 Å². The largest absolute Gasteiger partial charge is 0.458 e. The van der Waals surface area contributed by atoms with Crippen LogP contribution in [0.2, 0.25) is 0 Å². The standard InChI is InChI=1S/C30H34F12O9S/c1-12-5-18(25(45,27(31,32)33)28(34,35)36)6-13(2)21(12)50-23(43)16-9-17(11-20(10-16)52(47,48)49)24(44)51-22-14(3)7-19(8-15(22)4)26(46,29(37,38)39)30(40,41)42/h9-15,18-19,21-22,45-46H,5-8H2,1-4H3,(H,47,48,49). The van der Waals surface area contributed by atoms with Crippen LogP contribution in [0.1, 0.15) is 74.1 Å². The molecule has 22 heteroatoms. The van der Waals surface area contributed by atoms with Gasteiger partial charge in [-0.3, -0.25) is 4.55 Å². The van der Waals surface area contributed by atoms with Gasteiger partial charge < -0.3 is 19.7 Å². The Bertz CT molecular complexity index is 1450. The number of benzene rings is 1. The van der Waals surface area contributed by atoms with Crippen LogP contribution >= 0.6 is 0 Å². The van der Waals surface area contributed by atoms with Crippen LogP contribution in [0, 0.1) is 35.5 Å². The molecule has 1 aromatic carbocycles. The lowest BCUT2D eigenvalue weighted by Crippen LogP contribution is -2.63. The van der Waals surface area contributed by atoms with Crippen LogP contribution in [0.5, 0.6) is 0 Å². The number of halogens is 12. The summed E-state index contributed by atoms with van der Waals surface area (Å²) in [5.74, 6) is -12.8. The minimum atomic E-state index is -6.12. The number of rotatable bonds is 7. The van der Waals surface area contributed by atoms with E-state index in [9.17, 15) is 85.5 Å². The number of hydrogen-bond acceptors (Lipinski definition) is 8. The summed E-state index contributed by atoms with van der Waals surface area (Å²) < 4.78 is 206. The van der Waals surface area contributed by atoms with E-state index in [2.05, 4.69) is 0 Å². The minimum Gasteiger partial charge on any atom is -0.458 e. The maximum Gasteiger partial charge on any atom is 0.426 e. The second-order valence-corrected chi connectivity index (χ2v) is 15.2. The molecule has 298 valence electrons. The van der Waals surface area contributed by atoms with Gasteiger partial charge in [0.05, 0.1) is 16.0 Å². The van der Waals surface area contributed by atoms with Gasteiger partial charge in [-0.25, -0.2) is 9.59 Å². The second-order valence-electron chi connectivity index (χ2n) is 13.7. The molecule has 3 N–H and O–H groups in total. The highest BCUT2D eigenvalue weighted by Crippen LogP contribution is 2.55. The Balaban J connectivity index is 1.87. The highest BCUT2D eigenvalue weighted by Gasteiger charge is 2.75. The summed E-state index contributed by atoms with van der Waals surface area (Å²) in [5, 5.41) is 19.7. The first-order valence-electron chi connectivity index (χ1n) is 15.4. The zero-order valence-corrected chi connectivity index (χ0v) is 28.2. The van der Waals surface area contributed by atoms with Crippen molar-refractivity contribution in [2.75, 3.05) is 0 Å². The molecule has 4 atom stereocenters. The van der Waals surface area contributed by atoms with Gasteiger partial charge in [-0.05, 0) is 67.6 Å². The van der Waals surface area contributed by atoms with Crippen molar-refractivity contribution in [3.8, 4) is 0 Å². The summed E-state index contributed by atoms with van der Waals surface area (Å²) in [6, 6.07) is 1.68. The Morgan fingerprint density at radius 2 is 0.827 bits per heavy atom. The molecule has 4 unspecified atom stereocenters. The average molecular weight is 799 g/mol. The first kappa shape index (κ1) is 43.6. The maximum atomic E-state index is 13.5. The van der Waals surface area contributed by atoms with Crippen LogP contribution in [0.4, 0.5) is 52.7 Å². The SMILES string of the molecule is CC1CC(C(O)(C(F)(F)F)C(F)(F)F)CC(C)C1OC(=O)c1cc(C(=O)OC2C(C)CC(C(O)(C(F)(F)F)C(F)(F)F)CC2C)cc(S(=O)(=O)O)c1. The molecule has 0 amide bonds. The molecule has 2 fully saturated rings. The van der Waals surface area contributed by atoms with Crippen molar-refractivity contribution in [3.05, 3.63) is 29.3 Å². The van der Waals surface area contributed by atoms with Gasteiger partial charge in [0.1, 0.15) is 12.2 Å². The van der Waals surface area contributed by atoms with Crippen LogP contribution in [-0.2, 0) is 19.6 Å². The number of alkyl halides is 12. The van der Waals surface area contributed by atoms with Gasteiger partial charge >= 0.3 is 36.6 Å². The fourth-order valence-electron chi connectivity index (χ4n) is 7.41. The van der Waals surface area contributed by atoms with Crippen molar-refractivity contribution in [2.24, 2.45) is 35.5 Å². The molecule has 0 heterocycles. The fraction of sp³-hybridized carbons (Fsp3) is 0.733. The van der Waals surface area contributed by atoms with Crippen molar-refractivity contribution in [1.82, 2.24) is 0 Å². The molecule has 0 spiro atoms. The van der Waals surface area contributed by atoms with Gasteiger partial charge in [0.2, 0.25) is 0 Å². The molecular formula is C30H34F12O9S. The molecule has 1 aromatic rings. The van der Waals surface area contributed by atoms with Crippen LogP contribution < -0.4 is 0 Å². The molecule has 52 heavy (non-hydrogen) atoms. The average Bonchev–Trinajstić information content (AvgIpc) is 2.96. The van der Waals surface area contributed by atoms with Gasteiger partial charge in [-0.2, -0.15) is 61.1 Å². The summed E-state index contributed by atoms with van der Waals surface area (Å²) in [5.41, 5.74) is -11.8. The van der Waals surface area contributed by atoms with E-state index in [-0.39, 0.29) is 0 Å². The van der Waals surface area contributed by atoms with Gasteiger partial charge in [0, 0.05) is 11.8 Å². The lowest BCUT2D eigenvalue weighted by atomic mass is 9.67. The lowest BCUT2D eigenvalue weighted by Gasteiger charge is -2.46. The molecule has 0 bridgehead atoms. The molecular weight excluding hydrogens is 764 g/mol. The molecule has 0 aromatic heterocycles. The number of esters is 2. The minimum absolute atomic E-state index is 0.507. The van der Waals surface area contributed by atoms with Gasteiger partial charge in [-0.15, -0.1) is 0 Å². The van der Waals surface area contributed by atoms with E-state index in [1.54, 1.807) is 0 Å². The Hall–Kier alpha value is -2.85. The van der Waals surface area contributed by atoms with Gasteiger partial charge in [0.15, 0.2) is 0 Å². The maximum absolute atomic E-state index is 13.5. The molecule has 3 rings (SSSR count). The molecule has 0 radical (unpaired) electrons. The lowest BCUT2D eigenvalue weighted by molar-refractivity contribution is -0.390. The number of hydrogen-bond donors (Lipinski definition) is 3. The Morgan fingerprint density at radius 3 is 1.04 bits per heavy atom. The Labute approximate surface area is 288 Å². The number of carbonyl (C=O) groups excluding carboxylic acids is 2. The third-order valence-corrected chi connectivity index (χ3v) is 10.8. The highest BCUT2D eigenvalue weighted by atomic mass is 32.2. The second kappa shape index (κ2) is 14.1. The summed E-state index contributed by atoms with van der Waals surface area (Å²) >= 11 is 0. The predicted molar refractivity (Wildman–Crippen MR) is 151 cm³/mol. The fourth-order valence-corrected chi connectivity index (χ4v) is 7.96. The van der Waals surface area contributed by atoms with E-state index in [4.69, 9.17) is 9.47 Å². The molecule has 0 saturated heterocycles. The number of carbonyl (C=O) groups is 2. The summed E-state index contributed by atoms with van der Waals surface area (Å²) in [6.45, 7) is 4.53. The summed E-state index contributed by atoms with van der Waals surface area (Å²) in [7, 11) is -5.22. The molecule has 2 aliphatic carbocycles. The third-order valence-electron chi connectivity index (χ3n) is 9.94. The zero-order valence-electron chi connectivity index (χ0n) is 27.4. The Morgan fingerprint density at radius 1 is 0.577 bits per heavy atom. The molecule has 0 aliphatic heterocycles. The number of ether oxygens (including phenoxy) is 2. The van der Waals surface area contributed by atoms with E-state index in [0.717, 1.165) is 27.7 Å². The topological polar surface area (TPSA) is 147 Å². The van der Waals surface area contributed by atoms with Crippen LogP contribution in [0.3, 0.4) is 0 Å². The monoisotopic (exact) mass is 798 g/mol. The van der Waals surface area contributed by atoms with E-state index < -0.39 is 147 Å². The normalized spacial score (nSPS) is 28.7. The quantitative estimate of drug-likeness (QED) is 0.150. The van der Waals surface area contributed by atoms with E-state index in [1.807, 2.05) is 0 Å². The molecule has 2 saturated carbocycles. The predicted octanol–water partition coefficient (Wildman–Crippen LogP) is 7.06. The summed E-state index contributed by atoms with van der Waals surface area (Å²) in [4.78, 5) is 25.2. The zero-order chi connectivity index (χ0) is 40.4. The van der Waals surface area contributed by atoms with Crippen molar-refractivity contribution in [3.63, 3.8) is 0 Å².